The summed E-state index contributed by atoms with van der Waals surface area (Å²) in [5.41, 5.74) is -0.917. The number of nitrogens with zero attached hydrogens (tertiary/aromatic N) is 1. The second-order valence-corrected chi connectivity index (χ2v) is 4.22. The molecule has 0 saturated carbocycles. The molecule has 0 aliphatic heterocycles. The third-order valence-corrected chi connectivity index (χ3v) is 2.61. The predicted octanol–water partition coefficient (Wildman–Crippen LogP) is 3.33. The molecule has 1 atom stereocenters. The molecule has 0 fully saturated rings. The molecule has 0 spiro atoms. The molecule has 0 saturated heterocycles. The summed E-state index contributed by atoms with van der Waals surface area (Å²) in [6, 6.07) is 1.28. The van der Waals surface area contributed by atoms with Crippen molar-refractivity contribution in [3.05, 3.63) is 33.9 Å². The maximum atomic E-state index is 13.5. The Morgan fingerprint density at radius 2 is 1.71 bits per heavy atom. The van der Waals surface area contributed by atoms with Crippen molar-refractivity contribution in [1.29, 1.82) is 0 Å². The van der Waals surface area contributed by atoms with Gasteiger partial charge in [0, 0.05) is 6.04 Å². The molecule has 1 aromatic rings. The molecule has 4 nitrogen and oxygen atoms in total. The van der Waals surface area contributed by atoms with Crippen molar-refractivity contribution in [3.8, 4) is 0 Å². The summed E-state index contributed by atoms with van der Waals surface area (Å²) in [5, 5.41) is 13.1. The van der Waals surface area contributed by atoms with Crippen LogP contribution < -0.4 is 5.32 Å². The molecule has 1 N–H and O–H groups in total. The van der Waals surface area contributed by atoms with Crippen LogP contribution in [0.4, 0.5) is 20.2 Å². The minimum Gasteiger partial charge on any atom is -0.378 e. The first-order chi connectivity index (χ1) is 7.82. The highest BCUT2D eigenvalue weighted by Crippen LogP contribution is 2.26. The highest BCUT2D eigenvalue weighted by molar-refractivity contribution is 5.52. The number of nitrogens with one attached hydrogen (secondary N) is 1. The monoisotopic (exact) mass is 244 g/mol. The molecule has 6 heteroatoms. The molecule has 0 aliphatic carbocycles. The lowest BCUT2D eigenvalue weighted by atomic mass is 10.1. The standard InChI is InChI=1S/C11H14F2N2O2/c1-6(2)7(3)14-11-9(12)4-8(15(16)17)5-10(11)13/h4-7,14H,1-3H3. The molecule has 1 rings (SSSR count). The zero-order valence-corrected chi connectivity index (χ0v) is 9.83. The molecule has 0 aliphatic rings. The average Bonchev–Trinajstić information content (AvgIpc) is 2.22. The summed E-state index contributed by atoms with van der Waals surface area (Å²) in [6.45, 7) is 5.59. The zero-order valence-electron chi connectivity index (χ0n) is 9.83. The lowest BCUT2D eigenvalue weighted by Crippen LogP contribution is -2.23. The van der Waals surface area contributed by atoms with Crippen molar-refractivity contribution < 1.29 is 13.7 Å². The summed E-state index contributed by atoms with van der Waals surface area (Å²) in [7, 11) is 0. The van der Waals surface area contributed by atoms with E-state index in [-0.39, 0.29) is 17.6 Å². The Labute approximate surface area is 97.8 Å². The number of hydrogen-bond acceptors (Lipinski definition) is 3. The van der Waals surface area contributed by atoms with Crippen LogP contribution in [-0.4, -0.2) is 11.0 Å². The van der Waals surface area contributed by atoms with Crippen LogP contribution in [0.15, 0.2) is 12.1 Å². The van der Waals surface area contributed by atoms with Gasteiger partial charge in [-0.15, -0.1) is 0 Å². The number of rotatable bonds is 4. The first-order valence-corrected chi connectivity index (χ1v) is 5.23. The Morgan fingerprint density at radius 1 is 1.24 bits per heavy atom. The molecule has 0 amide bonds. The maximum Gasteiger partial charge on any atom is 0.275 e. The fourth-order valence-electron chi connectivity index (χ4n) is 1.20. The van der Waals surface area contributed by atoms with Crippen LogP contribution in [0.25, 0.3) is 0 Å². The van der Waals surface area contributed by atoms with E-state index in [0.29, 0.717) is 12.1 Å². The predicted molar refractivity (Wildman–Crippen MR) is 60.9 cm³/mol. The molecule has 17 heavy (non-hydrogen) atoms. The third kappa shape index (κ3) is 3.12. The number of anilines is 1. The van der Waals surface area contributed by atoms with Gasteiger partial charge < -0.3 is 5.32 Å². The van der Waals surface area contributed by atoms with E-state index < -0.39 is 22.2 Å². The highest BCUT2D eigenvalue weighted by atomic mass is 19.1. The van der Waals surface area contributed by atoms with Gasteiger partial charge in [0.25, 0.3) is 5.69 Å². The number of halogens is 2. The van der Waals surface area contributed by atoms with Crippen LogP contribution >= 0.6 is 0 Å². The number of hydrogen-bond donors (Lipinski definition) is 1. The van der Waals surface area contributed by atoms with E-state index in [0.717, 1.165) is 0 Å². The summed E-state index contributed by atoms with van der Waals surface area (Å²) in [6.07, 6.45) is 0. The number of nitro benzene ring substituents is 1. The molecular formula is C11H14F2N2O2. The Bertz CT molecular complexity index is 412. The van der Waals surface area contributed by atoms with Gasteiger partial charge in [-0.25, -0.2) is 8.78 Å². The van der Waals surface area contributed by atoms with Crippen molar-refractivity contribution >= 4 is 11.4 Å². The molecule has 94 valence electrons. The maximum absolute atomic E-state index is 13.5. The Balaban J connectivity index is 3.06. The number of benzene rings is 1. The summed E-state index contributed by atoms with van der Waals surface area (Å²) in [4.78, 5) is 9.57. The number of nitro groups is 1. The fraction of sp³-hybridized carbons (Fsp3) is 0.455. The molecule has 1 unspecified atom stereocenters. The van der Waals surface area contributed by atoms with Crippen LogP contribution in [0.5, 0.6) is 0 Å². The summed E-state index contributed by atoms with van der Waals surface area (Å²) < 4.78 is 27.0. The highest BCUT2D eigenvalue weighted by Gasteiger charge is 2.19. The Kier molecular flexibility index (Phi) is 3.98. The van der Waals surface area contributed by atoms with Crippen molar-refractivity contribution in [2.24, 2.45) is 5.92 Å². The van der Waals surface area contributed by atoms with Crippen molar-refractivity contribution in [2.75, 3.05) is 5.32 Å². The lowest BCUT2D eigenvalue weighted by Gasteiger charge is -2.19. The molecule has 1 aromatic carbocycles. The average molecular weight is 244 g/mol. The second kappa shape index (κ2) is 5.07. The van der Waals surface area contributed by atoms with Gasteiger partial charge in [-0.3, -0.25) is 10.1 Å². The van der Waals surface area contributed by atoms with E-state index in [1.165, 1.54) is 0 Å². The van der Waals surface area contributed by atoms with Gasteiger partial charge in [-0.2, -0.15) is 0 Å². The van der Waals surface area contributed by atoms with Crippen LogP contribution in [0.1, 0.15) is 20.8 Å². The largest absolute Gasteiger partial charge is 0.378 e. The minimum absolute atomic E-state index is 0.138. The lowest BCUT2D eigenvalue weighted by molar-refractivity contribution is -0.385. The van der Waals surface area contributed by atoms with Gasteiger partial charge in [0.2, 0.25) is 0 Å². The quantitative estimate of drug-likeness (QED) is 0.652. The molecular weight excluding hydrogens is 230 g/mol. The first-order valence-electron chi connectivity index (χ1n) is 5.23. The van der Waals surface area contributed by atoms with Crippen LogP contribution in [0.3, 0.4) is 0 Å². The normalized spacial score (nSPS) is 12.6. The topological polar surface area (TPSA) is 55.2 Å². The van der Waals surface area contributed by atoms with Crippen LogP contribution in [0.2, 0.25) is 0 Å². The number of non-ortho nitro benzene ring substituents is 1. The van der Waals surface area contributed by atoms with Gasteiger partial charge in [-0.05, 0) is 12.8 Å². The van der Waals surface area contributed by atoms with Crippen molar-refractivity contribution in [2.45, 2.75) is 26.8 Å². The Morgan fingerprint density at radius 3 is 2.06 bits per heavy atom. The minimum atomic E-state index is -0.954. The van der Waals surface area contributed by atoms with Gasteiger partial charge in [-0.1, -0.05) is 13.8 Å². The molecule has 0 bridgehead atoms. The molecule has 0 radical (unpaired) electrons. The van der Waals surface area contributed by atoms with Crippen LogP contribution in [0, 0.1) is 27.7 Å². The van der Waals surface area contributed by atoms with E-state index in [4.69, 9.17) is 0 Å². The van der Waals surface area contributed by atoms with Gasteiger partial charge in [0.1, 0.15) is 5.69 Å². The second-order valence-electron chi connectivity index (χ2n) is 4.22. The summed E-state index contributed by atoms with van der Waals surface area (Å²) >= 11 is 0. The van der Waals surface area contributed by atoms with Gasteiger partial charge in [0.05, 0.1) is 17.1 Å². The zero-order chi connectivity index (χ0) is 13.2. The van der Waals surface area contributed by atoms with Gasteiger partial charge >= 0.3 is 0 Å². The molecule has 0 aromatic heterocycles. The molecule has 0 heterocycles. The van der Waals surface area contributed by atoms with E-state index in [2.05, 4.69) is 5.32 Å². The summed E-state index contributed by atoms with van der Waals surface area (Å²) in [5.74, 6) is -1.72. The van der Waals surface area contributed by atoms with Crippen molar-refractivity contribution in [1.82, 2.24) is 0 Å². The van der Waals surface area contributed by atoms with Crippen molar-refractivity contribution in [3.63, 3.8) is 0 Å². The van der Waals surface area contributed by atoms with E-state index >= 15 is 0 Å². The fourth-order valence-corrected chi connectivity index (χ4v) is 1.20. The smallest absolute Gasteiger partial charge is 0.275 e. The third-order valence-electron chi connectivity index (χ3n) is 2.61. The Hall–Kier alpha value is -1.72. The van der Waals surface area contributed by atoms with E-state index in [1.807, 2.05) is 13.8 Å². The van der Waals surface area contributed by atoms with E-state index in [9.17, 15) is 18.9 Å². The van der Waals surface area contributed by atoms with E-state index in [1.54, 1.807) is 6.92 Å². The van der Waals surface area contributed by atoms with Gasteiger partial charge in [0.15, 0.2) is 11.6 Å². The first kappa shape index (κ1) is 13.3. The SMILES string of the molecule is CC(C)C(C)Nc1c(F)cc([N+](=O)[O-])cc1F. The van der Waals surface area contributed by atoms with Crippen LogP contribution in [-0.2, 0) is 0 Å².